The van der Waals surface area contributed by atoms with E-state index in [2.05, 4.69) is 0 Å². The molecule has 0 bridgehead atoms. The Hall–Kier alpha value is 0.01000. The molecule has 0 aromatic rings. The average molecular weight is 294 g/mol. The first-order chi connectivity index (χ1) is 8.40. The summed E-state index contributed by atoms with van der Waals surface area (Å²) in [6.07, 6.45) is 2.60. The Labute approximate surface area is 119 Å². The lowest BCUT2D eigenvalue weighted by Gasteiger charge is -2.34. The zero-order valence-electron chi connectivity index (χ0n) is 11.0. The predicted octanol–water partition coefficient (Wildman–Crippen LogP) is 2.85. The second kappa shape index (κ2) is 5.18. The van der Waals surface area contributed by atoms with Gasteiger partial charge in [-0.1, -0.05) is 0 Å². The van der Waals surface area contributed by atoms with Crippen molar-refractivity contribution < 1.29 is 9.53 Å². The normalized spacial score (nSPS) is 31.4. The zero-order chi connectivity index (χ0) is 13.4. The van der Waals surface area contributed by atoms with Gasteiger partial charge in [0.05, 0.1) is 5.41 Å². The first kappa shape index (κ1) is 14.4. The van der Waals surface area contributed by atoms with Crippen molar-refractivity contribution in [2.75, 3.05) is 26.3 Å². The number of hydrogen-bond donors (Lipinski definition) is 0. The van der Waals surface area contributed by atoms with Crippen molar-refractivity contribution >= 4 is 29.1 Å². The van der Waals surface area contributed by atoms with E-state index in [9.17, 15) is 4.79 Å². The number of carbonyl (C=O) groups excluding carboxylic acids is 1. The van der Waals surface area contributed by atoms with Gasteiger partial charge < -0.3 is 9.64 Å². The first-order valence-electron chi connectivity index (χ1n) is 6.65. The van der Waals surface area contributed by atoms with E-state index in [0.29, 0.717) is 12.3 Å². The molecule has 0 spiro atoms. The van der Waals surface area contributed by atoms with Crippen molar-refractivity contribution in [1.29, 1.82) is 0 Å². The van der Waals surface area contributed by atoms with Crippen molar-refractivity contribution in [2.24, 2.45) is 11.3 Å². The van der Waals surface area contributed by atoms with Crippen LogP contribution in [-0.4, -0.2) is 41.4 Å². The highest BCUT2D eigenvalue weighted by Crippen LogP contribution is 2.64. The van der Waals surface area contributed by atoms with Gasteiger partial charge in [0, 0.05) is 26.3 Å². The number of amides is 1. The second-order valence-electron chi connectivity index (χ2n) is 5.61. The largest absolute Gasteiger partial charge is 0.381 e. The van der Waals surface area contributed by atoms with Crippen LogP contribution in [0.3, 0.4) is 0 Å². The molecule has 2 fully saturated rings. The molecule has 0 aromatic heterocycles. The zero-order valence-corrected chi connectivity index (χ0v) is 12.6. The Morgan fingerprint density at radius 2 is 1.94 bits per heavy atom. The molecule has 0 aromatic carbocycles. The quantitative estimate of drug-likeness (QED) is 0.746. The minimum Gasteiger partial charge on any atom is -0.381 e. The molecule has 1 aliphatic carbocycles. The average Bonchev–Trinajstić information content (AvgIpc) is 2.87. The highest BCUT2D eigenvalue weighted by Gasteiger charge is 2.68. The van der Waals surface area contributed by atoms with E-state index in [-0.39, 0.29) is 5.91 Å². The van der Waals surface area contributed by atoms with E-state index in [1.807, 2.05) is 18.7 Å². The molecule has 5 heteroatoms. The Morgan fingerprint density at radius 3 is 2.39 bits per heavy atom. The molecule has 1 aliphatic heterocycles. The molecular weight excluding hydrogens is 273 g/mol. The highest BCUT2D eigenvalue weighted by atomic mass is 35.5. The van der Waals surface area contributed by atoms with Crippen molar-refractivity contribution in [3.8, 4) is 0 Å². The molecule has 2 aliphatic rings. The number of alkyl halides is 2. The Balaban J connectivity index is 1.82. The fourth-order valence-corrected chi connectivity index (χ4v) is 3.26. The summed E-state index contributed by atoms with van der Waals surface area (Å²) in [5.41, 5.74) is -0.567. The standard InChI is InChI=1S/C13H21Cl2NO2/c1-3-18-8-10-4-6-16(7-5-10)11(17)12(2)9-13(12,14)15/h10H,3-9H2,1-2H3. The van der Waals surface area contributed by atoms with Crippen LogP contribution in [0.15, 0.2) is 0 Å². The second-order valence-corrected chi connectivity index (χ2v) is 7.09. The summed E-state index contributed by atoms with van der Waals surface area (Å²) in [7, 11) is 0. The molecule has 1 saturated heterocycles. The molecule has 0 N–H and O–H groups in total. The fourth-order valence-electron chi connectivity index (χ4n) is 2.57. The van der Waals surface area contributed by atoms with Crippen molar-refractivity contribution in [3.05, 3.63) is 0 Å². The summed E-state index contributed by atoms with van der Waals surface area (Å²) in [6.45, 7) is 7.05. The predicted molar refractivity (Wildman–Crippen MR) is 73.0 cm³/mol. The van der Waals surface area contributed by atoms with Crippen LogP contribution in [0.25, 0.3) is 0 Å². The van der Waals surface area contributed by atoms with Gasteiger partial charge in [-0.2, -0.15) is 0 Å². The van der Waals surface area contributed by atoms with E-state index in [4.69, 9.17) is 27.9 Å². The Kier molecular flexibility index (Phi) is 4.15. The van der Waals surface area contributed by atoms with Gasteiger partial charge in [0.2, 0.25) is 5.91 Å². The lowest BCUT2D eigenvalue weighted by Crippen LogP contribution is -2.43. The van der Waals surface area contributed by atoms with Crippen LogP contribution in [0, 0.1) is 11.3 Å². The van der Waals surface area contributed by atoms with Gasteiger partial charge in [0.25, 0.3) is 0 Å². The maximum Gasteiger partial charge on any atom is 0.231 e. The van der Waals surface area contributed by atoms with Gasteiger partial charge >= 0.3 is 0 Å². The van der Waals surface area contributed by atoms with Crippen LogP contribution in [0.2, 0.25) is 0 Å². The van der Waals surface area contributed by atoms with Crippen LogP contribution in [0.4, 0.5) is 0 Å². The number of likely N-dealkylation sites (tertiary alicyclic amines) is 1. The topological polar surface area (TPSA) is 29.5 Å². The van der Waals surface area contributed by atoms with Crippen LogP contribution in [-0.2, 0) is 9.53 Å². The summed E-state index contributed by atoms with van der Waals surface area (Å²) in [5.74, 6) is 0.695. The summed E-state index contributed by atoms with van der Waals surface area (Å²) >= 11 is 12.1. The Morgan fingerprint density at radius 1 is 1.39 bits per heavy atom. The summed E-state index contributed by atoms with van der Waals surface area (Å²) in [4.78, 5) is 14.3. The first-order valence-corrected chi connectivity index (χ1v) is 7.41. The van der Waals surface area contributed by atoms with Crippen LogP contribution >= 0.6 is 23.2 Å². The van der Waals surface area contributed by atoms with Crippen LogP contribution in [0.1, 0.15) is 33.1 Å². The van der Waals surface area contributed by atoms with Gasteiger partial charge in [0.15, 0.2) is 0 Å². The van der Waals surface area contributed by atoms with E-state index < -0.39 is 9.75 Å². The van der Waals surface area contributed by atoms with E-state index in [1.54, 1.807) is 0 Å². The number of halogens is 2. The van der Waals surface area contributed by atoms with Gasteiger partial charge in [0.1, 0.15) is 4.33 Å². The summed E-state index contributed by atoms with van der Waals surface area (Å²) in [6, 6.07) is 0. The minimum atomic E-state index is -0.855. The monoisotopic (exact) mass is 293 g/mol. The number of piperidine rings is 1. The maximum atomic E-state index is 12.3. The number of rotatable bonds is 4. The lowest BCUT2D eigenvalue weighted by molar-refractivity contribution is -0.138. The van der Waals surface area contributed by atoms with Crippen LogP contribution in [0.5, 0.6) is 0 Å². The Bertz CT molecular complexity index is 327. The molecule has 1 heterocycles. The number of hydrogen-bond acceptors (Lipinski definition) is 2. The fraction of sp³-hybridized carbons (Fsp3) is 0.923. The van der Waals surface area contributed by atoms with Gasteiger partial charge in [-0.25, -0.2) is 0 Å². The number of carbonyl (C=O) groups is 1. The van der Waals surface area contributed by atoms with Gasteiger partial charge in [-0.3, -0.25) is 4.79 Å². The molecule has 1 saturated carbocycles. The molecule has 1 unspecified atom stereocenters. The summed E-state index contributed by atoms with van der Waals surface area (Å²) in [5, 5.41) is 0. The number of nitrogens with zero attached hydrogens (tertiary/aromatic N) is 1. The van der Waals surface area contributed by atoms with E-state index >= 15 is 0 Å². The highest BCUT2D eigenvalue weighted by molar-refractivity contribution is 6.53. The SMILES string of the molecule is CCOCC1CCN(C(=O)C2(C)CC2(Cl)Cl)CC1. The molecule has 1 amide bonds. The van der Waals surface area contributed by atoms with E-state index in [0.717, 1.165) is 39.1 Å². The van der Waals surface area contributed by atoms with Crippen molar-refractivity contribution in [2.45, 2.75) is 37.4 Å². The third kappa shape index (κ3) is 2.63. The summed E-state index contributed by atoms with van der Waals surface area (Å²) < 4.78 is 4.58. The van der Waals surface area contributed by atoms with Crippen molar-refractivity contribution in [1.82, 2.24) is 4.90 Å². The molecule has 0 radical (unpaired) electrons. The molecular formula is C13H21Cl2NO2. The van der Waals surface area contributed by atoms with Crippen LogP contribution < -0.4 is 0 Å². The lowest BCUT2D eigenvalue weighted by atomic mass is 9.96. The number of ether oxygens (including phenoxy) is 1. The molecule has 1 atom stereocenters. The third-order valence-corrected chi connectivity index (χ3v) is 5.29. The van der Waals surface area contributed by atoms with Crippen molar-refractivity contribution in [3.63, 3.8) is 0 Å². The van der Waals surface area contributed by atoms with Gasteiger partial charge in [-0.05, 0) is 39.0 Å². The molecule has 104 valence electrons. The van der Waals surface area contributed by atoms with E-state index in [1.165, 1.54) is 0 Å². The maximum absolute atomic E-state index is 12.3. The molecule has 3 nitrogen and oxygen atoms in total. The smallest absolute Gasteiger partial charge is 0.231 e. The minimum absolute atomic E-state index is 0.113. The molecule has 2 rings (SSSR count). The molecule has 18 heavy (non-hydrogen) atoms. The third-order valence-electron chi connectivity index (χ3n) is 4.19. The van der Waals surface area contributed by atoms with Gasteiger partial charge in [-0.15, -0.1) is 23.2 Å².